The Morgan fingerprint density at radius 2 is 2.20 bits per heavy atom. The van der Waals surface area contributed by atoms with E-state index in [1.165, 1.54) is 10.9 Å². The summed E-state index contributed by atoms with van der Waals surface area (Å²) in [5, 5.41) is 3.79. The lowest BCUT2D eigenvalue weighted by Gasteiger charge is -2.19. The molecule has 2 heterocycles. The van der Waals surface area contributed by atoms with E-state index >= 15 is 0 Å². The molecule has 25 heavy (non-hydrogen) atoms. The van der Waals surface area contributed by atoms with Crippen molar-refractivity contribution in [3.05, 3.63) is 40.9 Å². The van der Waals surface area contributed by atoms with Gasteiger partial charge in [0.15, 0.2) is 0 Å². The Bertz CT molecular complexity index is 991. The molecule has 0 aliphatic heterocycles. The molecule has 1 aliphatic carbocycles. The molecule has 0 spiro atoms. The summed E-state index contributed by atoms with van der Waals surface area (Å²) in [6, 6.07) is 7.45. The van der Waals surface area contributed by atoms with Crippen molar-refractivity contribution in [2.45, 2.75) is 31.8 Å². The number of hydrogen-bond donors (Lipinski definition) is 2. The highest BCUT2D eigenvalue weighted by Gasteiger charge is 2.27. The van der Waals surface area contributed by atoms with Crippen LogP contribution in [0.4, 0.5) is 0 Å². The Kier molecular flexibility index (Phi) is 4.01. The van der Waals surface area contributed by atoms with Crippen molar-refractivity contribution >= 4 is 28.0 Å². The normalized spacial score (nSPS) is 20.4. The van der Waals surface area contributed by atoms with Crippen LogP contribution in [-0.2, 0) is 11.3 Å². The minimum Gasteiger partial charge on any atom is -0.448 e. The number of para-hydroxylation sites is 1. The number of aromatic nitrogens is 2. The van der Waals surface area contributed by atoms with Crippen molar-refractivity contribution in [2.75, 3.05) is 6.54 Å². The summed E-state index contributed by atoms with van der Waals surface area (Å²) in [7, 11) is 0. The number of rotatable bonds is 4. The molecule has 3 N–H and O–H groups in total. The van der Waals surface area contributed by atoms with Crippen LogP contribution in [0.2, 0.25) is 0 Å². The fourth-order valence-electron chi connectivity index (χ4n) is 3.64. The second-order valence-corrected chi connectivity index (χ2v) is 6.55. The lowest BCUT2D eigenvalue weighted by Crippen LogP contribution is -2.42. The van der Waals surface area contributed by atoms with E-state index in [1.54, 1.807) is 6.07 Å². The number of nitrogens with one attached hydrogen (secondary N) is 1. The third-order valence-electron chi connectivity index (χ3n) is 4.97. The average molecular weight is 340 g/mol. The van der Waals surface area contributed by atoms with Crippen LogP contribution in [0.3, 0.4) is 0 Å². The van der Waals surface area contributed by atoms with Crippen molar-refractivity contribution in [2.24, 2.45) is 11.7 Å². The van der Waals surface area contributed by atoms with Gasteiger partial charge in [-0.15, -0.1) is 0 Å². The van der Waals surface area contributed by atoms with Gasteiger partial charge >= 0.3 is 0 Å². The lowest BCUT2D eigenvalue weighted by atomic mass is 10.0. The first-order valence-corrected chi connectivity index (χ1v) is 8.53. The maximum Gasteiger partial charge on any atom is 0.297 e. The fraction of sp³-hybridized carbons (Fsp3) is 0.389. The van der Waals surface area contributed by atoms with Crippen molar-refractivity contribution < 1.29 is 9.21 Å². The van der Waals surface area contributed by atoms with Gasteiger partial charge in [-0.25, -0.2) is 4.98 Å². The van der Waals surface area contributed by atoms with E-state index in [0.29, 0.717) is 23.6 Å². The Hall–Kier alpha value is -2.67. The second-order valence-electron chi connectivity index (χ2n) is 6.55. The number of carbonyl (C=O) groups excluding carboxylic acids is 1. The molecule has 1 saturated carbocycles. The summed E-state index contributed by atoms with van der Waals surface area (Å²) in [4.78, 5) is 29.3. The van der Waals surface area contributed by atoms with Crippen LogP contribution in [0.5, 0.6) is 0 Å². The van der Waals surface area contributed by atoms with Crippen molar-refractivity contribution in [3.8, 4) is 0 Å². The van der Waals surface area contributed by atoms with Gasteiger partial charge in [-0.1, -0.05) is 18.6 Å². The molecular weight excluding hydrogens is 320 g/mol. The quantitative estimate of drug-likeness (QED) is 0.747. The highest BCUT2D eigenvalue weighted by atomic mass is 16.3. The standard InChI is InChI=1S/C18H20N4O3/c19-8-11-4-3-6-13(11)21-15(23)9-22-10-20-16-12-5-1-2-7-14(12)25-17(16)18(22)24/h1-2,5,7,10-11,13H,3-4,6,8-9,19H2,(H,21,23). The van der Waals surface area contributed by atoms with Crippen molar-refractivity contribution in [1.82, 2.24) is 14.9 Å². The number of furan rings is 1. The molecule has 2 unspecified atom stereocenters. The fourth-order valence-corrected chi connectivity index (χ4v) is 3.64. The molecule has 0 saturated heterocycles. The van der Waals surface area contributed by atoms with E-state index in [2.05, 4.69) is 10.3 Å². The summed E-state index contributed by atoms with van der Waals surface area (Å²) in [6.07, 6.45) is 4.44. The van der Waals surface area contributed by atoms with Gasteiger partial charge in [0.2, 0.25) is 11.5 Å². The van der Waals surface area contributed by atoms with Crippen LogP contribution in [0.15, 0.2) is 39.8 Å². The van der Waals surface area contributed by atoms with E-state index in [0.717, 1.165) is 24.6 Å². The van der Waals surface area contributed by atoms with E-state index < -0.39 is 0 Å². The van der Waals surface area contributed by atoms with Gasteiger partial charge in [-0.05, 0) is 37.4 Å². The number of fused-ring (bicyclic) bond motifs is 3. The molecule has 1 fully saturated rings. The molecule has 1 amide bonds. The average Bonchev–Trinajstić information content (AvgIpc) is 3.21. The molecule has 1 aliphatic rings. The first-order chi connectivity index (χ1) is 12.2. The van der Waals surface area contributed by atoms with Crippen molar-refractivity contribution in [1.29, 1.82) is 0 Å². The molecule has 2 aromatic heterocycles. The molecular formula is C18H20N4O3. The minimum atomic E-state index is -0.349. The minimum absolute atomic E-state index is 0.0768. The van der Waals surface area contributed by atoms with Gasteiger partial charge in [0.05, 0.1) is 6.33 Å². The van der Waals surface area contributed by atoms with Crippen LogP contribution in [-0.4, -0.2) is 28.0 Å². The zero-order valence-corrected chi connectivity index (χ0v) is 13.8. The smallest absolute Gasteiger partial charge is 0.297 e. The molecule has 3 aromatic rings. The highest BCUT2D eigenvalue weighted by molar-refractivity contribution is 6.01. The third-order valence-corrected chi connectivity index (χ3v) is 4.97. The molecule has 7 heteroatoms. The van der Waals surface area contributed by atoms with Crippen LogP contribution >= 0.6 is 0 Å². The topological polar surface area (TPSA) is 103 Å². The Morgan fingerprint density at radius 1 is 1.36 bits per heavy atom. The third kappa shape index (κ3) is 2.80. The Balaban J connectivity index is 1.59. The number of nitrogens with zero attached hydrogens (tertiary/aromatic N) is 2. The van der Waals surface area contributed by atoms with E-state index in [-0.39, 0.29) is 29.6 Å². The maximum atomic E-state index is 12.6. The van der Waals surface area contributed by atoms with Gasteiger partial charge in [0.25, 0.3) is 5.56 Å². The monoisotopic (exact) mass is 340 g/mol. The zero-order valence-electron chi connectivity index (χ0n) is 13.8. The number of hydrogen-bond acceptors (Lipinski definition) is 5. The van der Waals surface area contributed by atoms with E-state index in [9.17, 15) is 9.59 Å². The lowest BCUT2D eigenvalue weighted by molar-refractivity contribution is -0.122. The van der Waals surface area contributed by atoms with Crippen LogP contribution in [0.25, 0.3) is 22.1 Å². The first-order valence-electron chi connectivity index (χ1n) is 8.53. The number of nitrogens with two attached hydrogens (primary N) is 1. The molecule has 2 atom stereocenters. The molecule has 7 nitrogen and oxygen atoms in total. The summed E-state index contributed by atoms with van der Waals surface area (Å²) in [6.45, 7) is 0.490. The Morgan fingerprint density at radius 3 is 3.04 bits per heavy atom. The molecule has 4 rings (SSSR count). The zero-order chi connectivity index (χ0) is 17.4. The summed E-state index contributed by atoms with van der Waals surface area (Å²) in [5.41, 5.74) is 6.71. The number of carbonyl (C=O) groups is 1. The van der Waals surface area contributed by atoms with Crippen LogP contribution < -0.4 is 16.6 Å². The maximum absolute atomic E-state index is 12.6. The predicted molar refractivity (Wildman–Crippen MR) is 94.1 cm³/mol. The SMILES string of the molecule is NCC1CCCC1NC(=O)Cn1cnc2c(oc3ccccc32)c1=O. The summed E-state index contributed by atoms with van der Waals surface area (Å²) < 4.78 is 6.91. The summed E-state index contributed by atoms with van der Waals surface area (Å²) >= 11 is 0. The van der Waals surface area contributed by atoms with Gasteiger partial charge < -0.3 is 15.5 Å². The molecule has 1 aromatic carbocycles. The van der Waals surface area contributed by atoms with E-state index in [1.807, 2.05) is 18.2 Å². The Labute approximate surface area is 143 Å². The first kappa shape index (κ1) is 15.8. The number of benzene rings is 1. The molecule has 0 bridgehead atoms. The van der Waals surface area contributed by atoms with Gasteiger partial charge in [-0.3, -0.25) is 14.2 Å². The van der Waals surface area contributed by atoms with Gasteiger partial charge in [-0.2, -0.15) is 0 Å². The van der Waals surface area contributed by atoms with E-state index in [4.69, 9.17) is 10.2 Å². The summed E-state index contributed by atoms with van der Waals surface area (Å²) in [5.74, 6) is 0.112. The van der Waals surface area contributed by atoms with Gasteiger partial charge in [0.1, 0.15) is 17.6 Å². The largest absolute Gasteiger partial charge is 0.448 e. The van der Waals surface area contributed by atoms with Crippen LogP contribution in [0, 0.1) is 5.92 Å². The van der Waals surface area contributed by atoms with Crippen molar-refractivity contribution in [3.63, 3.8) is 0 Å². The molecule has 130 valence electrons. The van der Waals surface area contributed by atoms with Gasteiger partial charge in [0, 0.05) is 11.4 Å². The number of amides is 1. The second kappa shape index (κ2) is 6.33. The predicted octanol–water partition coefficient (Wildman–Crippen LogP) is 1.39. The highest BCUT2D eigenvalue weighted by Crippen LogP contribution is 2.25. The molecule has 0 radical (unpaired) electrons. The van der Waals surface area contributed by atoms with Crippen LogP contribution in [0.1, 0.15) is 19.3 Å².